The van der Waals surface area contributed by atoms with Crippen LogP contribution in [0.4, 0.5) is 0 Å². The van der Waals surface area contributed by atoms with Crippen molar-refractivity contribution in [3.63, 3.8) is 0 Å². The fraction of sp³-hybridized carbons (Fsp3) is 0.556. The Labute approximate surface area is 162 Å². The number of aliphatic imine (C=N–C) groups is 1. The summed E-state index contributed by atoms with van der Waals surface area (Å²) in [6, 6.07) is 9.31. The average molecular weight is 444 g/mol. The largest absolute Gasteiger partial charge is 0.356 e. The van der Waals surface area contributed by atoms with E-state index in [1.807, 2.05) is 37.4 Å². The number of likely N-dealkylation sites (tertiary alicyclic amines) is 1. The molecule has 1 aliphatic rings. The predicted molar refractivity (Wildman–Crippen MR) is 110 cm³/mol. The molecule has 6 heteroatoms. The third kappa shape index (κ3) is 6.67. The number of hydrogen-bond acceptors (Lipinski definition) is 2. The Morgan fingerprint density at radius 1 is 1.17 bits per heavy atom. The summed E-state index contributed by atoms with van der Waals surface area (Å²) in [6.45, 7) is 5.93. The number of carbonyl (C=O) groups excluding carboxylic acids is 1. The first kappa shape index (κ1) is 20.7. The van der Waals surface area contributed by atoms with Crippen LogP contribution in [0.5, 0.6) is 0 Å². The van der Waals surface area contributed by atoms with Gasteiger partial charge in [0.25, 0.3) is 5.91 Å². The number of halogens is 1. The molecule has 1 heterocycles. The van der Waals surface area contributed by atoms with Crippen molar-refractivity contribution in [1.82, 2.24) is 15.5 Å². The standard InChI is InChI=1S/C18H28N4O.HI/c1-15-9-13-22(14-10-15)18(19-2)21-12-6-11-20-17(23)16-7-4-3-5-8-16;/h3-5,7-8,15H,6,9-14H2,1-2H3,(H,19,21)(H,20,23);1H. The van der Waals surface area contributed by atoms with E-state index in [9.17, 15) is 4.79 Å². The lowest BCUT2D eigenvalue weighted by Crippen LogP contribution is -2.45. The van der Waals surface area contributed by atoms with E-state index >= 15 is 0 Å². The molecule has 24 heavy (non-hydrogen) atoms. The molecule has 0 bridgehead atoms. The normalized spacial score (nSPS) is 15.6. The van der Waals surface area contributed by atoms with Crippen molar-refractivity contribution < 1.29 is 4.79 Å². The maximum atomic E-state index is 11.9. The van der Waals surface area contributed by atoms with Gasteiger partial charge in [0.2, 0.25) is 0 Å². The third-order valence-electron chi connectivity index (χ3n) is 4.25. The number of guanidine groups is 1. The van der Waals surface area contributed by atoms with Gasteiger partial charge < -0.3 is 15.5 Å². The first-order chi connectivity index (χ1) is 11.2. The molecule has 0 aromatic heterocycles. The molecule has 5 nitrogen and oxygen atoms in total. The fourth-order valence-electron chi connectivity index (χ4n) is 2.73. The van der Waals surface area contributed by atoms with Gasteiger partial charge in [0.05, 0.1) is 0 Å². The number of piperidine rings is 1. The molecule has 0 spiro atoms. The number of nitrogens with one attached hydrogen (secondary N) is 2. The van der Waals surface area contributed by atoms with Crippen molar-refractivity contribution >= 4 is 35.8 Å². The molecule has 134 valence electrons. The number of benzene rings is 1. The summed E-state index contributed by atoms with van der Waals surface area (Å²) in [5.74, 6) is 1.78. The van der Waals surface area contributed by atoms with Crippen LogP contribution in [-0.4, -0.2) is 50.0 Å². The van der Waals surface area contributed by atoms with E-state index < -0.39 is 0 Å². The molecule has 0 unspecified atom stereocenters. The molecule has 1 aromatic rings. The summed E-state index contributed by atoms with van der Waals surface area (Å²) in [7, 11) is 1.83. The van der Waals surface area contributed by atoms with E-state index in [0.29, 0.717) is 12.1 Å². The average Bonchev–Trinajstić information content (AvgIpc) is 2.60. The molecular formula is C18H29IN4O. The quantitative estimate of drug-likeness (QED) is 0.318. The third-order valence-corrected chi connectivity index (χ3v) is 4.25. The molecule has 0 radical (unpaired) electrons. The van der Waals surface area contributed by atoms with Crippen molar-refractivity contribution in [2.45, 2.75) is 26.2 Å². The zero-order valence-electron chi connectivity index (χ0n) is 14.6. The Morgan fingerprint density at radius 3 is 2.42 bits per heavy atom. The first-order valence-electron chi connectivity index (χ1n) is 8.49. The summed E-state index contributed by atoms with van der Waals surface area (Å²) in [5.41, 5.74) is 0.707. The second kappa shape index (κ2) is 11.3. The van der Waals surface area contributed by atoms with Crippen LogP contribution in [0.25, 0.3) is 0 Å². The second-order valence-electron chi connectivity index (χ2n) is 6.12. The number of rotatable bonds is 5. The van der Waals surface area contributed by atoms with Gasteiger partial charge in [-0.3, -0.25) is 9.79 Å². The molecule has 1 amide bonds. The highest BCUT2D eigenvalue weighted by Gasteiger charge is 2.18. The Morgan fingerprint density at radius 2 is 1.79 bits per heavy atom. The topological polar surface area (TPSA) is 56.7 Å². The van der Waals surface area contributed by atoms with Crippen LogP contribution in [0.3, 0.4) is 0 Å². The summed E-state index contributed by atoms with van der Waals surface area (Å²) >= 11 is 0. The lowest BCUT2D eigenvalue weighted by atomic mass is 10.00. The van der Waals surface area contributed by atoms with E-state index in [4.69, 9.17) is 0 Å². The van der Waals surface area contributed by atoms with Crippen LogP contribution >= 0.6 is 24.0 Å². The zero-order chi connectivity index (χ0) is 16.5. The molecule has 0 aliphatic carbocycles. The van der Waals surface area contributed by atoms with E-state index in [2.05, 4.69) is 27.4 Å². The number of nitrogens with zero attached hydrogens (tertiary/aromatic N) is 2. The van der Waals surface area contributed by atoms with Gasteiger partial charge in [0.15, 0.2) is 5.96 Å². The predicted octanol–water partition coefficient (Wildman–Crippen LogP) is 2.73. The smallest absolute Gasteiger partial charge is 0.251 e. The van der Waals surface area contributed by atoms with Crippen LogP contribution in [-0.2, 0) is 0 Å². The van der Waals surface area contributed by atoms with Gasteiger partial charge in [0, 0.05) is 38.8 Å². The minimum atomic E-state index is -0.0139. The minimum Gasteiger partial charge on any atom is -0.356 e. The van der Waals surface area contributed by atoms with Crippen LogP contribution < -0.4 is 10.6 Å². The van der Waals surface area contributed by atoms with Crippen LogP contribution in [0.2, 0.25) is 0 Å². The maximum Gasteiger partial charge on any atom is 0.251 e. The summed E-state index contributed by atoms with van der Waals surface area (Å²) in [6.07, 6.45) is 3.34. The molecule has 1 aromatic carbocycles. The van der Waals surface area contributed by atoms with Gasteiger partial charge in [0.1, 0.15) is 0 Å². The van der Waals surface area contributed by atoms with Gasteiger partial charge >= 0.3 is 0 Å². The lowest BCUT2D eigenvalue weighted by Gasteiger charge is -2.32. The molecule has 1 fully saturated rings. The van der Waals surface area contributed by atoms with E-state index in [1.165, 1.54) is 12.8 Å². The number of amides is 1. The van der Waals surface area contributed by atoms with E-state index in [1.54, 1.807) is 0 Å². The number of carbonyl (C=O) groups is 1. The SMILES string of the molecule is CN=C(NCCCNC(=O)c1ccccc1)N1CCC(C)CC1.I. The summed E-state index contributed by atoms with van der Waals surface area (Å²) < 4.78 is 0. The van der Waals surface area contributed by atoms with Gasteiger partial charge in [-0.1, -0.05) is 25.1 Å². The second-order valence-corrected chi connectivity index (χ2v) is 6.12. The van der Waals surface area contributed by atoms with Crippen molar-refractivity contribution in [1.29, 1.82) is 0 Å². The highest BCUT2D eigenvalue weighted by Crippen LogP contribution is 2.15. The number of hydrogen-bond donors (Lipinski definition) is 2. The maximum absolute atomic E-state index is 11.9. The molecule has 2 N–H and O–H groups in total. The van der Waals surface area contributed by atoms with E-state index in [0.717, 1.165) is 37.9 Å². The molecule has 1 aliphatic heterocycles. The monoisotopic (exact) mass is 444 g/mol. The van der Waals surface area contributed by atoms with Crippen LogP contribution in [0.15, 0.2) is 35.3 Å². The van der Waals surface area contributed by atoms with Crippen molar-refractivity contribution in [2.24, 2.45) is 10.9 Å². The zero-order valence-corrected chi connectivity index (χ0v) is 17.0. The Balaban J connectivity index is 0.00000288. The van der Waals surface area contributed by atoms with Gasteiger partial charge in [-0.2, -0.15) is 0 Å². The lowest BCUT2D eigenvalue weighted by molar-refractivity contribution is 0.0953. The Bertz CT molecular complexity index is 513. The first-order valence-corrected chi connectivity index (χ1v) is 8.49. The fourth-order valence-corrected chi connectivity index (χ4v) is 2.73. The van der Waals surface area contributed by atoms with E-state index in [-0.39, 0.29) is 29.9 Å². The highest BCUT2D eigenvalue weighted by atomic mass is 127. The van der Waals surface area contributed by atoms with Crippen LogP contribution in [0.1, 0.15) is 36.5 Å². The minimum absolute atomic E-state index is 0. The summed E-state index contributed by atoms with van der Waals surface area (Å²) in [5, 5.41) is 6.34. The molecule has 1 saturated heterocycles. The Hall–Kier alpha value is -1.31. The van der Waals surface area contributed by atoms with Gasteiger partial charge in [-0.15, -0.1) is 24.0 Å². The highest BCUT2D eigenvalue weighted by molar-refractivity contribution is 14.0. The van der Waals surface area contributed by atoms with Crippen LogP contribution in [0, 0.1) is 5.92 Å². The molecule has 0 saturated carbocycles. The summed E-state index contributed by atoms with van der Waals surface area (Å²) in [4.78, 5) is 18.6. The van der Waals surface area contributed by atoms with Gasteiger partial charge in [-0.25, -0.2) is 0 Å². The molecular weight excluding hydrogens is 415 g/mol. The van der Waals surface area contributed by atoms with Gasteiger partial charge in [-0.05, 0) is 37.3 Å². The van der Waals surface area contributed by atoms with Crippen molar-refractivity contribution in [3.8, 4) is 0 Å². The van der Waals surface area contributed by atoms with Crippen molar-refractivity contribution in [2.75, 3.05) is 33.2 Å². The molecule has 2 rings (SSSR count). The molecule has 0 atom stereocenters. The Kier molecular flexibility index (Phi) is 9.75. The van der Waals surface area contributed by atoms with Crippen molar-refractivity contribution in [3.05, 3.63) is 35.9 Å².